The van der Waals surface area contributed by atoms with Gasteiger partial charge in [-0.05, 0) is 70.5 Å². The van der Waals surface area contributed by atoms with Crippen molar-refractivity contribution in [1.29, 1.82) is 0 Å². The Balaban J connectivity index is 1.58. The second-order valence-corrected chi connectivity index (χ2v) is 11.3. The summed E-state index contributed by atoms with van der Waals surface area (Å²) < 4.78 is 1.23. The Bertz CT molecular complexity index is 1460. The third kappa shape index (κ3) is 4.40. The zero-order chi connectivity index (χ0) is 23.2. The number of hydrogen-bond donors (Lipinski definition) is 0. The zero-order valence-electron chi connectivity index (χ0n) is 19.9. The van der Waals surface area contributed by atoms with Crippen LogP contribution in [0.5, 0.6) is 0 Å². The fourth-order valence-electron chi connectivity index (χ4n) is 4.35. The second-order valence-electron chi connectivity index (χ2n) is 10.2. The predicted octanol–water partition coefficient (Wildman–Crippen LogP) is 8.07. The van der Waals surface area contributed by atoms with Crippen LogP contribution in [0.15, 0.2) is 67.0 Å². The average Bonchev–Trinajstić information content (AvgIpc) is 3.18. The molecule has 5 rings (SSSR count). The van der Waals surface area contributed by atoms with E-state index in [1.165, 1.54) is 25.9 Å². The molecule has 5 aromatic rings. The van der Waals surface area contributed by atoms with E-state index in [0.717, 1.165) is 34.6 Å². The highest BCUT2D eigenvalue weighted by molar-refractivity contribution is 7.19. The summed E-state index contributed by atoms with van der Waals surface area (Å²) in [5.41, 5.74) is 6.17. The summed E-state index contributed by atoms with van der Waals surface area (Å²) >= 11 is 1.84. The standard InChI is InChI=1S/C29H29N3S/c1-18(2)12-21-15-27-28(33-21)11-10-24(32-27)26-16-25(30-17-31-26)20-13-19-8-6-7-9-22(19)23(14-20)29(3,4)5/h6-11,13-18H,12H2,1-5H3. The molecule has 3 nitrogen and oxygen atoms in total. The molecule has 3 aromatic heterocycles. The van der Waals surface area contributed by atoms with Gasteiger partial charge in [0.15, 0.2) is 0 Å². The summed E-state index contributed by atoms with van der Waals surface area (Å²) in [6.07, 6.45) is 2.74. The van der Waals surface area contributed by atoms with E-state index in [1.54, 1.807) is 6.33 Å². The van der Waals surface area contributed by atoms with Gasteiger partial charge in [-0.2, -0.15) is 0 Å². The highest BCUT2D eigenvalue weighted by Gasteiger charge is 2.19. The molecular weight excluding hydrogens is 422 g/mol. The van der Waals surface area contributed by atoms with E-state index in [0.29, 0.717) is 5.92 Å². The van der Waals surface area contributed by atoms with Crippen LogP contribution in [-0.2, 0) is 11.8 Å². The van der Waals surface area contributed by atoms with Gasteiger partial charge in [0.25, 0.3) is 0 Å². The Kier molecular flexibility index (Phi) is 5.49. The third-order valence-electron chi connectivity index (χ3n) is 5.93. The molecule has 33 heavy (non-hydrogen) atoms. The first-order chi connectivity index (χ1) is 15.8. The number of aromatic nitrogens is 3. The Labute approximate surface area is 199 Å². The van der Waals surface area contributed by atoms with Crippen LogP contribution in [-0.4, -0.2) is 15.0 Å². The lowest BCUT2D eigenvalue weighted by Gasteiger charge is -2.22. The quantitative estimate of drug-likeness (QED) is 0.277. The van der Waals surface area contributed by atoms with E-state index >= 15 is 0 Å². The lowest BCUT2D eigenvalue weighted by Crippen LogP contribution is -2.12. The van der Waals surface area contributed by atoms with Crippen molar-refractivity contribution in [3.8, 4) is 22.6 Å². The number of benzene rings is 2. The van der Waals surface area contributed by atoms with Gasteiger partial charge in [0.2, 0.25) is 0 Å². The first-order valence-corrected chi connectivity index (χ1v) is 12.3. The average molecular weight is 452 g/mol. The number of rotatable bonds is 4. The molecule has 0 saturated heterocycles. The molecular formula is C29H29N3S. The fourth-order valence-corrected chi connectivity index (χ4v) is 5.57. The van der Waals surface area contributed by atoms with E-state index in [2.05, 4.69) is 105 Å². The molecule has 0 aliphatic carbocycles. The number of nitrogens with zero attached hydrogens (tertiary/aromatic N) is 3. The monoisotopic (exact) mass is 451 g/mol. The lowest BCUT2D eigenvalue weighted by atomic mass is 9.82. The van der Waals surface area contributed by atoms with Crippen LogP contribution in [0.25, 0.3) is 43.6 Å². The van der Waals surface area contributed by atoms with Crippen molar-refractivity contribution in [3.05, 3.63) is 77.4 Å². The molecule has 0 spiro atoms. The van der Waals surface area contributed by atoms with E-state index < -0.39 is 0 Å². The van der Waals surface area contributed by atoms with Gasteiger partial charge < -0.3 is 0 Å². The SMILES string of the molecule is CC(C)Cc1cc2nc(-c3cc(-c4cc(C(C)(C)C)c5ccccc5c4)ncn3)ccc2s1. The molecule has 0 N–H and O–H groups in total. The van der Waals surface area contributed by atoms with Crippen LogP contribution >= 0.6 is 11.3 Å². The molecule has 0 atom stereocenters. The van der Waals surface area contributed by atoms with E-state index in [-0.39, 0.29) is 5.41 Å². The first kappa shape index (κ1) is 21.7. The van der Waals surface area contributed by atoms with Gasteiger partial charge in [-0.3, -0.25) is 0 Å². The molecule has 0 fully saturated rings. The van der Waals surface area contributed by atoms with Gasteiger partial charge >= 0.3 is 0 Å². The summed E-state index contributed by atoms with van der Waals surface area (Å²) in [6.45, 7) is 11.3. The zero-order valence-corrected chi connectivity index (χ0v) is 20.7. The van der Waals surface area contributed by atoms with Crippen LogP contribution in [0.2, 0.25) is 0 Å². The first-order valence-electron chi connectivity index (χ1n) is 11.5. The van der Waals surface area contributed by atoms with Gasteiger partial charge in [0.1, 0.15) is 6.33 Å². The highest BCUT2D eigenvalue weighted by Crippen LogP contribution is 2.35. The van der Waals surface area contributed by atoms with Crippen molar-refractivity contribution >= 4 is 32.3 Å². The molecule has 0 amide bonds. The predicted molar refractivity (Wildman–Crippen MR) is 141 cm³/mol. The van der Waals surface area contributed by atoms with Crippen LogP contribution in [0.4, 0.5) is 0 Å². The molecule has 0 radical (unpaired) electrons. The van der Waals surface area contributed by atoms with Crippen molar-refractivity contribution < 1.29 is 0 Å². The minimum absolute atomic E-state index is 0.0324. The summed E-state index contributed by atoms with van der Waals surface area (Å²) in [4.78, 5) is 15.5. The van der Waals surface area contributed by atoms with Crippen molar-refractivity contribution in [3.63, 3.8) is 0 Å². The minimum atomic E-state index is 0.0324. The smallest absolute Gasteiger partial charge is 0.116 e. The molecule has 0 bridgehead atoms. The molecule has 0 saturated carbocycles. The number of pyridine rings is 1. The third-order valence-corrected chi connectivity index (χ3v) is 7.04. The van der Waals surface area contributed by atoms with Gasteiger partial charge in [-0.1, -0.05) is 58.9 Å². The van der Waals surface area contributed by atoms with Crippen LogP contribution in [0.3, 0.4) is 0 Å². The van der Waals surface area contributed by atoms with E-state index in [1.807, 2.05) is 11.3 Å². The molecule has 166 valence electrons. The molecule has 4 heteroatoms. The number of hydrogen-bond acceptors (Lipinski definition) is 4. The largest absolute Gasteiger partial charge is 0.245 e. The topological polar surface area (TPSA) is 38.7 Å². The van der Waals surface area contributed by atoms with E-state index in [4.69, 9.17) is 4.98 Å². The Morgan fingerprint density at radius 1 is 0.848 bits per heavy atom. The van der Waals surface area contributed by atoms with Crippen molar-refractivity contribution in [2.24, 2.45) is 5.92 Å². The maximum atomic E-state index is 4.94. The molecule has 0 unspecified atom stereocenters. The summed E-state index contributed by atoms with van der Waals surface area (Å²) in [7, 11) is 0. The normalized spacial score (nSPS) is 12.2. The van der Waals surface area contributed by atoms with Crippen molar-refractivity contribution in [1.82, 2.24) is 15.0 Å². The van der Waals surface area contributed by atoms with Gasteiger partial charge in [0.05, 0.1) is 27.3 Å². The Morgan fingerprint density at radius 2 is 1.64 bits per heavy atom. The summed E-state index contributed by atoms with van der Waals surface area (Å²) in [5.74, 6) is 0.641. The van der Waals surface area contributed by atoms with Crippen LogP contribution < -0.4 is 0 Å². The van der Waals surface area contributed by atoms with Gasteiger partial charge in [-0.15, -0.1) is 11.3 Å². The summed E-state index contributed by atoms with van der Waals surface area (Å²) in [6, 6.07) is 21.6. The fraction of sp³-hybridized carbons (Fsp3) is 0.276. The van der Waals surface area contributed by atoms with Crippen LogP contribution in [0, 0.1) is 5.92 Å². The minimum Gasteiger partial charge on any atom is -0.245 e. The van der Waals surface area contributed by atoms with Crippen LogP contribution in [0.1, 0.15) is 45.1 Å². The molecule has 2 aromatic carbocycles. The van der Waals surface area contributed by atoms with Crippen molar-refractivity contribution in [2.75, 3.05) is 0 Å². The Morgan fingerprint density at radius 3 is 2.42 bits per heavy atom. The lowest BCUT2D eigenvalue weighted by molar-refractivity contribution is 0.596. The highest BCUT2D eigenvalue weighted by atomic mass is 32.1. The van der Waals surface area contributed by atoms with Crippen molar-refractivity contribution in [2.45, 2.75) is 46.5 Å². The summed E-state index contributed by atoms with van der Waals surface area (Å²) in [5, 5.41) is 2.53. The number of thiophene rings is 1. The van der Waals surface area contributed by atoms with Gasteiger partial charge in [-0.25, -0.2) is 15.0 Å². The molecule has 3 heterocycles. The number of fused-ring (bicyclic) bond motifs is 2. The second kappa shape index (κ2) is 8.35. The Hall–Kier alpha value is -3.11. The molecule has 0 aliphatic heterocycles. The maximum Gasteiger partial charge on any atom is 0.116 e. The van der Waals surface area contributed by atoms with Gasteiger partial charge in [0, 0.05) is 10.4 Å². The van der Waals surface area contributed by atoms with E-state index in [9.17, 15) is 0 Å². The molecule has 0 aliphatic rings. The maximum absolute atomic E-state index is 4.94.